The van der Waals surface area contributed by atoms with Crippen LogP contribution in [0.4, 0.5) is 0 Å². The van der Waals surface area contributed by atoms with Crippen LogP contribution < -0.4 is 0 Å². The van der Waals surface area contributed by atoms with Gasteiger partial charge in [-0.1, -0.05) is 0 Å². The molecule has 0 fully saturated rings. The van der Waals surface area contributed by atoms with Crippen LogP contribution in [0, 0.1) is 6.92 Å². The van der Waals surface area contributed by atoms with E-state index in [0.717, 1.165) is 11.4 Å². The molecule has 0 bridgehead atoms. The molecule has 0 amide bonds. The minimum absolute atomic E-state index is 0.642. The first-order chi connectivity index (χ1) is 5.86. The second kappa shape index (κ2) is 2.73. The zero-order valence-electron chi connectivity index (χ0n) is 6.56. The molecule has 0 saturated heterocycles. The molecule has 2 aromatic heterocycles. The summed E-state index contributed by atoms with van der Waals surface area (Å²) < 4.78 is 5.05. The molecule has 2 heterocycles. The van der Waals surface area contributed by atoms with E-state index < -0.39 is 0 Å². The second-order valence-corrected chi connectivity index (χ2v) is 2.35. The number of aromatic nitrogens is 3. The van der Waals surface area contributed by atoms with Gasteiger partial charge in [-0.2, -0.15) is 0 Å². The quantitative estimate of drug-likeness (QED) is 0.635. The molecule has 60 valence electrons. The van der Waals surface area contributed by atoms with Crippen LogP contribution in [0.15, 0.2) is 29.3 Å². The highest BCUT2D eigenvalue weighted by Crippen LogP contribution is 2.13. The molecule has 2 rings (SSSR count). The molecule has 4 heteroatoms. The van der Waals surface area contributed by atoms with E-state index >= 15 is 0 Å². The summed E-state index contributed by atoms with van der Waals surface area (Å²) in [5.41, 5.74) is 1.52. The number of rotatable bonds is 1. The van der Waals surface area contributed by atoms with Gasteiger partial charge in [-0.3, -0.25) is 0 Å². The van der Waals surface area contributed by atoms with Crippen molar-refractivity contribution < 1.29 is 4.42 Å². The maximum Gasteiger partial charge on any atom is 0.191 e. The molecular formula is C8H7N3O. The first-order valence-corrected chi connectivity index (χ1v) is 3.55. The van der Waals surface area contributed by atoms with Gasteiger partial charge in [0.15, 0.2) is 5.89 Å². The van der Waals surface area contributed by atoms with Crippen molar-refractivity contribution in [1.29, 1.82) is 0 Å². The maximum absolute atomic E-state index is 5.05. The predicted molar refractivity (Wildman–Crippen MR) is 42.3 cm³/mol. The summed E-state index contributed by atoms with van der Waals surface area (Å²) in [4.78, 5) is 12.0. The number of hydrogen-bond acceptors (Lipinski definition) is 4. The standard InChI is InChI=1S/C8H7N3O/c1-6-11-8(4-12-6)7-2-3-9-5-10-7/h2-5H,1H3. The predicted octanol–water partition coefficient (Wildman–Crippen LogP) is 1.44. The smallest absolute Gasteiger partial charge is 0.191 e. The lowest BCUT2D eigenvalue weighted by Crippen LogP contribution is -1.83. The molecule has 2 aromatic rings. The van der Waals surface area contributed by atoms with Crippen LogP contribution in [0.2, 0.25) is 0 Å². The number of hydrogen-bond donors (Lipinski definition) is 0. The third-order valence-electron chi connectivity index (χ3n) is 1.46. The van der Waals surface area contributed by atoms with Crippen LogP contribution in [-0.4, -0.2) is 15.0 Å². The molecule has 0 aliphatic heterocycles. The average molecular weight is 161 g/mol. The lowest BCUT2D eigenvalue weighted by molar-refractivity contribution is 0.521. The normalized spacial score (nSPS) is 10.1. The topological polar surface area (TPSA) is 51.8 Å². The molecule has 12 heavy (non-hydrogen) atoms. The molecule has 4 nitrogen and oxygen atoms in total. The Balaban J connectivity index is 2.45. The average Bonchev–Trinajstić information content (AvgIpc) is 2.54. The molecular weight excluding hydrogens is 154 g/mol. The van der Waals surface area contributed by atoms with E-state index in [4.69, 9.17) is 4.42 Å². The fraction of sp³-hybridized carbons (Fsp3) is 0.125. The fourth-order valence-corrected chi connectivity index (χ4v) is 0.923. The van der Waals surface area contributed by atoms with Crippen molar-refractivity contribution in [2.75, 3.05) is 0 Å². The van der Waals surface area contributed by atoms with Gasteiger partial charge in [0, 0.05) is 13.1 Å². The summed E-state index contributed by atoms with van der Waals surface area (Å²) >= 11 is 0. The van der Waals surface area contributed by atoms with Gasteiger partial charge in [0.1, 0.15) is 18.3 Å². The van der Waals surface area contributed by atoms with Crippen molar-refractivity contribution in [3.05, 3.63) is 30.7 Å². The van der Waals surface area contributed by atoms with Crippen molar-refractivity contribution in [2.24, 2.45) is 0 Å². The van der Waals surface area contributed by atoms with Gasteiger partial charge in [0.05, 0.1) is 5.69 Å². The lowest BCUT2D eigenvalue weighted by atomic mass is 10.3. The highest BCUT2D eigenvalue weighted by atomic mass is 16.3. The van der Waals surface area contributed by atoms with Gasteiger partial charge in [-0.25, -0.2) is 15.0 Å². The Hall–Kier alpha value is -1.71. The van der Waals surface area contributed by atoms with Crippen LogP contribution in [0.3, 0.4) is 0 Å². The molecule has 0 aliphatic carbocycles. The Morgan fingerprint density at radius 3 is 2.83 bits per heavy atom. The summed E-state index contributed by atoms with van der Waals surface area (Å²) in [6.07, 6.45) is 4.74. The summed E-state index contributed by atoms with van der Waals surface area (Å²) in [5, 5.41) is 0. The Morgan fingerprint density at radius 2 is 2.25 bits per heavy atom. The summed E-state index contributed by atoms with van der Waals surface area (Å²) in [7, 11) is 0. The molecule has 0 atom stereocenters. The van der Waals surface area contributed by atoms with Crippen LogP contribution in [0.5, 0.6) is 0 Å². The largest absolute Gasteiger partial charge is 0.449 e. The van der Waals surface area contributed by atoms with Crippen LogP contribution in [0.1, 0.15) is 5.89 Å². The van der Waals surface area contributed by atoms with Gasteiger partial charge in [0.25, 0.3) is 0 Å². The minimum Gasteiger partial charge on any atom is -0.449 e. The molecule has 0 saturated carbocycles. The van der Waals surface area contributed by atoms with E-state index in [9.17, 15) is 0 Å². The van der Waals surface area contributed by atoms with E-state index in [1.54, 1.807) is 25.5 Å². The molecule has 0 N–H and O–H groups in total. The molecule has 0 unspecified atom stereocenters. The van der Waals surface area contributed by atoms with Crippen molar-refractivity contribution >= 4 is 0 Å². The van der Waals surface area contributed by atoms with E-state index in [1.807, 2.05) is 0 Å². The third kappa shape index (κ3) is 1.18. The summed E-state index contributed by atoms with van der Waals surface area (Å²) in [6, 6.07) is 1.79. The number of aryl methyl sites for hydroxylation is 1. The Labute approximate surface area is 69.3 Å². The number of nitrogens with zero attached hydrogens (tertiary/aromatic N) is 3. The first kappa shape index (κ1) is 6.97. The van der Waals surface area contributed by atoms with Crippen LogP contribution in [-0.2, 0) is 0 Å². The van der Waals surface area contributed by atoms with E-state index in [1.165, 1.54) is 6.33 Å². The van der Waals surface area contributed by atoms with Gasteiger partial charge in [-0.05, 0) is 6.07 Å². The van der Waals surface area contributed by atoms with Crippen molar-refractivity contribution in [1.82, 2.24) is 15.0 Å². The van der Waals surface area contributed by atoms with Crippen molar-refractivity contribution in [3.8, 4) is 11.4 Å². The van der Waals surface area contributed by atoms with Gasteiger partial charge < -0.3 is 4.42 Å². The highest BCUT2D eigenvalue weighted by molar-refractivity contribution is 5.50. The lowest BCUT2D eigenvalue weighted by Gasteiger charge is -1.89. The van der Waals surface area contributed by atoms with Crippen LogP contribution in [0.25, 0.3) is 11.4 Å². The minimum atomic E-state index is 0.642. The zero-order valence-corrected chi connectivity index (χ0v) is 6.56. The third-order valence-corrected chi connectivity index (χ3v) is 1.46. The molecule has 0 aliphatic rings. The maximum atomic E-state index is 5.05. The Bertz CT molecular complexity index is 369. The Morgan fingerprint density at radius 1 is 1.33 bits per heavy atom. The number of oxazole rings is 1. The molecule has 0 aromatic carbocycles. The van der Waals surface area contributed by atoms with E-state index in [2.05, 4.69) is 15.0 Å². The van der Waals surface area contributed by atoms with Crippen LogP contribution >= 0.6 is 0 Å². The highest BCUT2D eigenvalue weighted by Gasteiger charge is 2.02. The van der Waals surface area contributed by atoms with Gasteiger partial charge >= 0.3 is 0 Å². The fourth-order valence-electron chi connectivity index (χ4n) is 0.923. The SMILES string of the molecule is Cc1nc(-c2ccncn2)co1. The van der Waals surface area contributed by atoms with E-state index in [0.29, 0.717) is 5.89 Å². The Kier molecular flexibility index (Phi) is 1.59. The second-order valence-electron chi connectivity index (χ2n) is 2.35. The monoisotopic (exact) mass is 161 g/mol. The van der Waals surface area contributed by atoms with Crippen molar-refractivity contribution in [2.45, 2.75) is 6.92 Å². The summed E-state index contributed by atoms with van der Waals surface area (Å²) in [5.74, 6) is 0.642. The summed E-state index contributed by atoms with van der Waals surface area (Å²) in [6.45, 7) is 1.80. The molecule has 0 radical (unpaired) electrons. The van der Waals surface area contributed by atoms with E-state index in [-0.39, 0.29) is 0 Å². The first-order valence-electron chi connectivity index (χ1n) is 3.55. The zero-order chi connectivity index (χ0) is 8.39. The molecule has 0 spiro atoms. The van der Waals surface area contributed by atoms with Crippen molar-refractivity contribution in [3.63, 3.8) is 0 Å². The van der Waals surface area contributed by atoms with Gasteiger partial charge in [0.2, 0.25) is 0 Å². The van der Waals surface area contributed by atoms with Gasteiger partial charge in [-0.15, -0.1) is 0 Å².